The predicted molar refractivity (Wildman–Crippen MR) is 107 cm³/mol. The standard InChI is InChI=1S/C21H25F6N4O2/c22-20(23,24)16-3-1-14(13-17(16)21(25,26)27)2-4-18(32)30-7-5-15(6-8-30)29-9-11-31(12-10-29)19(28)33/h1,3-4,13,15H,2,5-12H2,(H2,28,33). The highest BCUT2D eigenvalue weighted by atomic mass is 19.4. The third kappa shape index (κ3) is 6.30. The van der Waals surface area contributed by atoms with E-state index >= 15 is 0 Å². The van der Waals surface area contributed by atoms with E-state index in [9.17, 15) is 35.9 Å². The molecule has 0 aromatic heterocycles. The van der Waals surface area contributed by atoms with E-state index in [1.165, 1.54) is 6.42 Å². The molecule has 0 bridgehead atoms. The summed E-state index contributed by atoms with van der Waals surface area (Å²) in [4.78, 5) is 29.1. The van der Waals surface area contributed by atoms with E-state index in [0.29, 0.717) is 64.2 Å². The van der Waals surface area contributed by atoms with Crippen molar-refractivity contribution in [2.24, 2.45) is 5.73 Å². The van der Waals surface area contributed by atoms with Crippen LogP contribution in [0.4, 0.5) is 31.1 Å². The second-order valence-electron chi connectivity index (χ2n) is 8.20. The highest BCUT2D eigenvalue weighted by Crippen LogP contribution is 2.40. The Balaban J connectivity index is 1.51. The number of nitrogens with two attached hydrogens (primary N) is 1. The topological polar surface area (TPSA) is 69.9 Å². The van der Waals surface area contributed by atoms with Crippen LogP contribution < -0.4 is 5.73 Å². The average molecular weight is 479 g/mol. The maximum Gasteiger partial charge on any atom is 0.417 e. The minimum atomic E-state index is -5.16. The summed E-state index contributed by atoms with van der Waals surface area (Å²) in [5.74, 6) is -0.361. The van der Waals surface area contributed by atoms with Gasteiger partial charge in [0.1, 0.15) is 0 Å². The van der Waals surface area contributed by atoms with Crippen molar-refractivity contribution in [3.8, 4) is 0 Å². The van der Waals surface area contributed by atoms with Crippen LogP contribution in [0.3, 0.4) is 0 Å². The number of benzene rings is 1. The number of carbonyl (C=O) groups is 2. The first kappa shape index (κ1) is 25.1. The largest absolute Gasteiger partial charge is 0.417 e. The van der Waals surface area contributed by atoms with E-state index in [1.807, 2.05) is 0 Å². The number of alkyl halides is 6. The van der Waals surface area contributed by atoms with Gasteiger partial charge in [-0.15, -0.1) is 0 Å². The van der Waals surface area contributed by atoms with Crippen LogP contribution in [0.15, 0.2) is 18.2 Å². The van der Waals surface area contributed by atoms with E-state index in [-0.39, 0.29) is 23.9 Å². The summed E-state index contributed by atoms with van der Waals surface area (Å²) >= 11 is 0. The molecule has 2 N–H and O–H groups in total. The smallest absolute Gasteiger partial charge is 0.351 e. The number of likely N-dealkylation sites (tertiary alicyclic amines) is 1. The van der Waals surface area contributed by atoms with Crippen LogP contribution in [0.2, 0.25) is 0 Å². The molecule has 0 aliphatic carbocycles. The molecule has 183 valence electrons. The van der Waals surface area contributed by atoms with Gasteiger partial charge < -0.3 is 15.5 Å². The van der Waals surface area contributed by atoms with Gasteiger partial charge in [-0.2, -0.15) is 26.3 Å². The zero-order chi connectivity index (χ0) is 24.4. The number of primary amides is 1. The lowest BCUT2D eigenvalue weighted by molar-refractivity contribution is -0.162. The first-order valence-corrected chi connectivity index (χ1v) is 10.5. The summed E-state index contributed by atoms with van der Waals surface area (Å²) in [7, 11) is 0. The maximum absolute atomic E-state index is 13.1. The monoisotopic (exact) mass is 479 g/mol. The van der Waals surface area contributed by atoms with E-state index in [0.717, 1.165) is 6.07 Å². The van der Waals surface area contributed by atoms with Crippen molar-refractivity contribution >= 4 is 11.9 Å². The fraction of sp³-hybridized carbons (Fsp3) is 0.571. The van der Waals surface area contributed by atoms with Crippen LogP contribution in [-0.2, 0) is 23.6 Å². The van der Waals surface area contributed by atoms with Crippen LogP contribution in [0.1, 0.15) is 29.5 Å². The fourth-order valence-corrected chi connectivity index (χ4v) is 4.29. The lowest BCUT2D eigenvalue weighted by Gasteiger charge is -2.42. The molecule has 1 aromatic carbocycles. The minimum absolute atomic E-state index is 0.0223. The van der Waals surface area contributed by atoms with E-state index < -0.39 is 29.5 Å². The average Bonchev–Trinajstić information content (AvgIpc) is 2.76. The van der Waals surface area contributed by atoms with Crippen LogP contribution in [-0.4, -0.2) is 71.9 Å². The van der Waals surface area contributed by atoms with Crippen LogP contribution in [0.5, 0.6) is 0 Å². The lowest BCUT2D eigenvalue weighted by atomic mass is 9.99. The summed E-state index contributed by atoms with van der Waals surface area (Å²) in [5, 5.41) is 0. The molecular formula is C21H25F6N4O2. The summed E-state index contributed by atoms with van der Waals surface area (Å²) in [6, 6.07) is 1.62. The quantitative estimate of drug-likeness (QED) is 0.675. The van der Waals surface area contributed by atoms with Gasteiger partial charge in [-0.3, -0.25) is 9.69 Å². The summed E-state index contributed by atoms with van der Waals surface area (Å²) in [6.07, 6.45) is -7.84. The normalized spacial score (nSPS) is 19.1. The zero-order valence-corrected chi connectivity index (χ0v) is 17.8. The van der Waals surface area contributed by atoms with Gasteiger partial charge in [0.2, 0.25) is 5.91 Å². The molecule has 33 heavy (non-hydrogen) atoms. The van der Waals surface area contributed by atoms with Gasteiger partial charge in [-0.05, 0) is 37.0 Å². The van der Waals surface area contributed by atoms with Crippen molar-refractivity contribution in [3.05, 3.63) is 41.3 Å². The molecule has 1 radical (unpaired) electrons. The molecule has 0 atom stereocenters. The third-order valence-electron chi connectivity index (χ3n) is 6.13. The van der Waals surface area contributed by atoms with Crippen molar-refractivity contribution in [2.45, 2.75) is 37.7 Å². The number of halogens is 6. The van der Waals surface area contributed by atoms with Gasteiger partial charge in [0.05, 0.1) is 17.5 Å². The Hall–Kier alpha value is -2.50. The number of nitrogens with zero attached hydrogens (tertiary/aromatic N) is 3. The molecule has 3 rings (SSSR count). The molecule has 2 aliphatic heterocycles. The lowest BCUT2D eigenvalue weighted by Crippen LogP contribution is -2.55. The number of piperidine rings is 1. The molecule has 0 spiro atoms. The molecule has 3 amide bonds. The van der Waals surface area contributed by atoms with Crippen molar-refractivity contribution in [1.82, 2.24) is 14.7 Å². The summed E-state index contributed by atoms with van der Waals surface area (Å²) < 4.78 is 77.9. The van der Waals surface area contributed by atoms with E-state index in [2.05, 4.69) is 4.90 Å². The highest BCUT2D eigenvalue weighted by Gasteiger charge is 2.43. The van der Waals surface area contributed by atoms with Crippen LogP contribution >= 0.6 is 0 Å². The Morgan fingerprint density at radius 3 is 1.97 bits per heavy atom. The molecule has 2 heterocycles. The van der Waals surface area contributed by atoms with Gasteiger partial charge in [0.15, 0.2) is 0 Å². The minimum Gasteiger partial charge on any atom is -0.351 e. The SMILES string of the molecule is NC(=O)N1CCN(C2CCN(C(=O)[CH]Cc3ccc(C(F)(F)F)c(C(F)(F)F)c3)CC2)CC1. The number of piperazine rings is 1. The van der Waals surface area contributed by atoms with Crippen LogP contribution in [0.25, 0.3) is 0 Å². The Morgan fingerprint density at radius 2 is 1.45 bits per heavy atom. The first-order chi connectivity index (χ1) is 15.4. The Kier molecular flexibility index (Phi) is 7.45. The van der Waals surface area contributed by atoms with Crippen LogP contribution in [0, 0.1) is 6.42 Å². The zero-order valence-electron chi connectivity index (χ0n) is 17.8. The van der Waals surface area contributed by atoms with Crippen molar-refractivity contribution < 1.29 is 35.9 Å². The Labute approximate surface area is 187 Å². The molecule has 2 aliphatic rings. The van der Waals surface area contributed by atoms with Crippen molar-refractivity contribution in [2.75, 3.05) is 39.3 Å². The van der Waals surface area contributed by atoms with Gasteiger partial charge in [0, 0.05) is 45.3 Å². The molecule has 0 saturated carbocycles. The molecule has 2 saturated heterocycles. The van der Waals surface area contributed by atoms with Gasteiger partial charge in [-0.25, -0.2) is 4.79 Å². The number of hydrogen-bond donors (Lipinski definition) is 1. The van der Waals surface area contributed by atoms with Gasteiger partial charge in [-0.1, -0.05) is 6.07 Å². The third-order valence-corrected chi connectivity index (χ3v) is 6.13. The number of rotatable bonds is 4. The maximum atomic E-state index is 13.1. The molecule has 1 aromatic rings. The van der Waals surface area contributed by atoms with Gasteiger partial charge >= 0.3 is 18.4 Å². The summed E-state index contributed by atoms with van der Waals surface area (Å²) in [5.41, 5.74) is 1.76. The molecule has 12 heteroatoms. The Morgan fingerprint density at radius 1 is 0.879 bits per heavy atom. The van der Waals surface area contributed by atoms with E-state index in [4.69, 9.17) is 5.73 Å². The number of amides is 3. The number of urea groups is 1. The molecular weight excluding hydrogens is 454 g/mol. The predicted octanol–water partition coefficient (Wildman–Crippen LogP) is 3.16. The number of hydrogen-bond acceptors (Lipinski definition) is 3. The molecule has 6 nitrogen and oxygen atoms in total. The van der Waals surface area contributed by atoms with Crippen molar-refractivity contribution in [1.29, 1.82) is 0 Å². The molecule has 2 fully saturated rings. The second kappa shape index (κ2) is 9.78. The summed E-state index contributed by atoms with van der Waals surface area (Å²) in [6.45, 7) is 3.44. The first-order valence-electron chi connectivity index (χ1n) is 10.5. The second-order valence-corrected chi connectivity index (χ2v) is 8.20. The van der Waals surface area contributed by atoms with E-state index in [1.54, 1.807) is 9.80 Å². The van der Waals surface area contributed by atoms with Gasteiger partial charge in [0.25, 0.3) is 0 Å². The molecule has 0 unspecified atom stereocenters. The van der Waals surface area contributed by atoms with Crippen molar-refractivity contribution in [3.63, 3.8) is 0 Å². The fourth-order valence-electron chi connectivity index (χ4n) is 4.29. The number of carbonyl (C=O) groups excluding carboxylic acids is 2. The highest BCUT2D eigenvalue weighted by molar-refractivity contribution is 5.85. The Bertz CT molecular complexity index is 857.